The second-order valence-electron chi connectivity index (χ2n) is 2.95. The third-order valence-electron chi connectivity index (χ3n) is 1.74. The Morgan fingerprint density at radius 2 is 2.50 bits per heavy atom. The van der Waals surface area contributed by atoms with Crippen LogP contribution < -0.4 is 10.9 Å². The van der Waals surface area contributed by atoms with Gasteiger partial charge in [-0.15, -0.1) is 0 Å². The number of hydrogen-bond acceptors (Lipinski definition) is 4. The van der Waals surface area contributed by atoms with Crippen LogP contribution in [0, 0.1) is 3.57 Å². The van der Waals surface area contributed by atoms with Gasteiger partial charge in [0, 0.05) is 12.6 Å². The molecule has 1 heterocycles. The minimum atomic E-state index is -0.153. The monoisotopic (exact) mass is 309 g/mol. The van der Waals surface area contributed by atoms with Gasteiger partial charge in [0.2, 0.25) is 0 Å². The fourth-order valence-corrected chi connectivity index (χ4v) is 1.43. The van der Waals surface area contributed by atoms with Gasteiger partial charge in [0.15, 0.2) is 0 Å². The molecule has 1 aromatic heterocycles. The lowest BCUT2D eigenvalue weighted by atomic mass is 10.2. The molecule has 1 unspecified atom stereocenters. The van der Waals surface area contributed by atoms with E-state index in [1.165, 1.54) is 6.33 Å². The summed E-state index contributed by atoms with van der Waals surface area (Å²) in [5.74, 6) is 0.565. The molecule has 0 aromatic carbocycles. The van der Waals surface area contributed by atoms with Crippen LogP contribution in [0.25, 0.3) is 0 Å². The summed E-state index contributed by atoms with van der Waals surface area (Å²) in [6.45, 7) is 2.04. The summed E-state index contributed by atoms with van der Waals surface area (Å²) < 4.78 is 0.537. The summed E-state index contributed by atoms with van der Waals surface area (Å²) in [5, 5.41) is 11.8. The average Bonchev–Trinajstić information content (AvgIpc) is 2.13. The van der Waals surface area contributed by atoms with Gasteiger partial charge in [-0.3, -0.25) is 4.79 Å². The van der Waals surface area contributed by atoms with Crippen LogP contribution in [0.1, 0.15) is 13.3 Å². The van der Waals surface area contributed by atoms with E-state index in [1.807, 2.05) is 29.5 Å². The van der Waals surface area contributed by atoms with Crippen LogP contribution in [0.3, 0.4) is 0 Å². The summed E-state index contributed by atoms with van der Waals surface area (Å²) >= 11 is 1.94. The predicted octanol–water partition coefficient (Wildman–Crippen LogP) is 0.557. The Balaban J connectivity index is 2.76. The Kier molecular flexibility index (Phi) is 4.33. The molecule has 0 aliphatic rings. The highest BCUT2D eigenvalue weighted by Crippen LogP contribution is 2.10. The Hall–Kier alpha value is -0.630. The molecule has 3 N–H and O–H groups in total. The van der Waals surface area contributed by atoms with Gasteiger partial charge in [0.1, 0.15) is 9.39 Å². The molecule has 6 heteroatoms. The molecule has 0 aliphatic carbocycles. The van der Waals surface area contributed by atoms with Crippen molar-refractivity contribution in [3.8, 4) is 0 Å². The fraction of sp³-hybridized carbons (Fsp3) is 0.500. The molecule has 0 amide bonds. The third-order valence-corrected chi connectivity index (χ3v) is 2.74. The molecule has 78 valence electrons. The molecule has 1 aromatic rings. The number of aromatic amines is 1. The van der Waals surface area contributed by atoms with Crippen molar-refractivity contribution in [2.45, 2.75) is 19.4 Å². The van der Waals surface area contributed by atoms with Gasteiger partial charge in [0.05, 0.1) is 6.33 Å². The van der Waals surface area contributed by atoms with Gasteiger partial charge in [-0.25, -0.2) is 4.98 Å². The van der Waals surface area contributed by atoms with E-state index in [-0.39, 0.29) is 18.2 Å². The second kappa shape index (κ2) is 5.30. The number of anilines is 1. The van der Waals surface area contributed by atoms with E-state index in [2.05, 4.69) is 15.3 Å². The van der Waals surface area contributed by atoms with Crippen LogP contribution in [-0.4, -0.2) is 27.7 Å². The van der Waals surface area contributed by atoms with Crippen molar-refractivity contribution >= 4 is 28.4 Å². The Morgan fingerprint density at radius 3 is 3.14 bits per heavy atom. The van der Waals surface area contributed by atoms with Crippen LogP contribution in [0.2, 0.25) is 0 Å². The van der Waals surface area contributed by atoms with Crippen LogP contribution in [-0.2, 0) is 0 Å². The van der Waals surface area contributed by atoms with E-state index in [9.17, 15) is 4.79 Å². The van der Waals surface area contributed by atoms with Crippen molar-refractivity contribution in [3.63, 3.8) is 0 Å². The zero-order chi connectivity index (χ0) is 10.6. The normalized spacial score (nSPS) is 12.5. The molecule has 0 radical (unpaired) electrons. The maximum Gasteiger partial charge on any atom is 0.266 e. The number of aromatic nitrogens is 2. The van der Waals surface area contributed by atoms with Gasteiger partial charge in [-0.2, -0.15) is 0 Å². The van der Waals surface area contributed by atoms with Crippen LogP contribution in [0.15, 0.2) is 11.1 Å². The molecule has 0 bridgehead atoms. The smallest absolute Gasteiger partial charge is 0.266 e. The van der Waals surface area contributed by atoms with Crippen molar-refractivity contribution in [1.82, 2.24) is 9.97 Å². The lowest BCUT2D eigenvalue weighted by Crippen LogP contribution is -2.21. The van der Waals surface area contributed by atoms with Gasteiger partial charge < -0.3 is 15.4 Å². The molecular formula is C8H12IN3O2. The van der Waals surface area contributed by atoms with Crippen LogP contribution >= 0.6 is 22.6 Å². The minimum Gasteiger partial charge on any atom is -0.396 e. The predicted molar refractivity (Wildman–Crippen MR) is 62.4 cm³/mol. The van der Waals surface area contributed by atoms with E-state index in [0.29, 0.717) is 15.8 Å². The number of rotatable bonds is 4. The van der Waals surface area contributed by atoms with Crippen LogP contribution in [0.4, 0.5) is 5.82 Å². The third kappa shape index (κ3) is 2.95. The minimum absolute atomic E-state index is 0.0998. The Morgan fingerprint density at radius 1 is 1.79 bits per heavy atom. The van der Waals surface area contributed by atoms with Crippen molar-refractivity contribution in [2.75, 3.05) is 11.9 Å². The molecule has 5 nitrogen and oxygen atoms in total. The number of nitrogens with zero attached hydrogens (tertiary/aromatic N) is 1. The molecule has 0 spiro atoms. The van der Waals surface area contributed by atoms with Crippen molar-refractivity contribution in [2.24, 2.45) is 0 Å². The van der Waals surface area contributed by atoms with E-state index < -0.39 is 0 Å². The number of hydrogen-bond donors (Lipinski definition) is 3. The quantitative estimate of drug-likeness (QED) is 0.710. The van der Waals surface area contributed by atoms with Gasteiger partial charge >= 0.3 is 0 Å². The Bertz CT molecular complexity index is 353. The molecule has 0 saturated carbocycles. The fourth-order valence-electron chi connectivity index (χ4n) is 0.983. The van der Waals surface area contributed by atoms with E-state index in [4.69, 9.17) is 5.11 Å². The first-order valence-corrected chi connectivity index (χ1v) is 5.33. The summed E-state index contributed by atoms with van der Waals surface area (Å²) in [5.41, 5.74) is -0.153. The van der Waals surface area contributed by atoms with E-state index >= 15 is 0 Å². The van der Waals surface area contributed by atoms with Crippen molar-refractivity contribution < 1.29 is 5.11 Å². The first-order valence-electron chi connectivity index (χ1n) is 4.25. The number of aliphatic hydroxyl groups excluding tert-OH is 1. The van der Waals surface area contributed by atoms with Crippen LogP contribution in [0.5, 0.6) is 0 Å². The number of nitrogens with one attached hydrogen (secondary N) is 2. The summed E-state index contributed by atoms with van der Waals surface area (Å²) in [6.07, 6.45) is 1.99. The number of halogens is 1. The summed E-state index contributed by atoms with van der Waals surface area (Å²) in [6, 6.07) is 0.0998. The van der Waals surface area contributed by atoms with E-state index in [0.717, 1.165) is 0 Å². The highest BCUT2D eigenvalue weighted by molar-refractivity contribution is 14.1. The first kappa shape index (κ1) is 11.4. The maximum absolute atomic E-state index is 11.2. The topological polar surface area (TPSA) is 78.0 Å². The zero-order valence-corrected chi connectivity index (χ0v) is 9.91. The average molecular weight is 309 g/mol. The maximum atomic E-state index is 11.2. The van der Waals surface area contributed by atoms with E-state index in [1.54, 1.807) is 0 Å². The zero-order valence-electron chi connectivity index (χ0n) is 7.75. The first-order chi connectivity index (χ1) is 6.65. The summed E-state index contributed by atoms with van der Waals surface area (Å²) in [7, 11) is 0. The standard InChI is InChI=1S/C8H12IN3O2/c1-5(2-3-13)12-7-6(9)8(14)11-4-10-7/h4-5,13H,2-3H2,1H3,(H2,10,11,12,14). The van der Waals surface area contributed by atoms with Gasteiger partial charge in [-0.05, 0) is 35.9 Å². The molecular weight excluding hydrogens is 297 g/mol. The molecule has 0 aliphatic heterocycles. The number of aliphatic hydroxyl groups is 1. The lowest BCUT2D eigenvalue weighted by molar-refractivity contribution is 0.282. The molecule has 1 rings (SSSR count). The SMILES string of the molecule is CC(CCO)Nc1nc[nH]c(=O)c1I. The highest BCUT2D eigenvalue weighted by atomic mass is 127. The number of H-pyrrole nitrogens is 1. The molecule has 0 saturated heterocycles. The summed E-state index contributed by atoms with van der Waals surface area (Å²) in [4.78, 5) is 17.7. The van der Waals surface area contributed by atoms with Crippen molar-refractivity contribution in [3.05, 3.63) is 20.3 Å². The highest BCUT2D eigenvalue weighted by Gasteiger charge is 2.07. The van der Waals surface area contributed by atoms with Gasteiger partial charge in [0.25, 0.3) is 5.56 Å². The van der Waals surface area contributed by atoms with Crippen molar-refractivity contribution in [1.29, 1.82) is 0 Å². The molecule has 0 fully saturated rings. The second-order valence-corrected chi connectivity index (χ2v) is 4.03. The van der Waals surface area contributed by atoms with Gasteiger partial charge in [-0.1, -0.05) is 0 Å². The molecule has 14 heavy (non-hydrogen) atoms. The molecule has 1 atom stereocenters. The Labute approximate surface area is 95.1 Å². The lowest BCUT2D eigenvalue weighted by Gasteiger charge is -2.13. The largest absolute Gasteiger partial charge is 0.396 e.